The van der Waals surface area contributed by atoms with Crippen LogP contribution in [0, 0.1) is 10.1 Å². The van der Waals surface area contributed by atoms with Gasteiger partial charge in [0.2, 0.25) is 5.78 Å². The molecule has 1 N–H and O–H groups in total. The minimum Gasteiger partial charge on any atom is -0.451 e. The molecule has 2 heterocycles. The number of nitrogens with zero attached hydrogens (tertiary/aromatic N) is 1. The fraction of sp³-hybridized carbons (Fsp3) is 0.111. The van der Waals surface area contributed by atoms with Gasteiger partial charge in [-0.3, -0.25) is 14.9 Å². The molecule has 8 nitrogen and oxygen atoms in total. The van der Waals surface area contributed by atoms with Crippen molar-refractivity contribution < 1.29 is 23.7 Å². The summed E-state index contributed by atoms with van der Waals surface area (Å²) in [5.74, 6) is -1.40. The maximum atomic E-state index is 12.5. The highest BCUT2D eigenvalue weighted by Crippen LogP contribution is 2.20. The van der Waals surface area contributed by atoms with Gasteiger partial charge in [0.25, 0.3) is 0 Å². The largest absolute Gasteiger partial charge is 0.451 e. The summed E-state index contributed by atoms with van der Waals surface area (Å²) >= 11 is 0. The van der Waals surface area contributed by atoms with Crippen molar-refractivity contribution >= 4 is 34.6 Å². The van der Waals surface area contributed by atoms with Crippen LogP contribution in [0.4, 0.5) is 5.88 Å². The van der Waals surface area contributed by atoms with Crippen LogP contribution in [0.5, 0.6) is 0 Å². The monoisotopic (exact) mass is 354 g/mol. The Kier molecular flexibility index (Phi) is 4.66. The van der Waals surface area contributed by atoms with Gasteiger partial charge in [0.1, 0.15) is 10.7 Å². The molecule has 3 rings (SSSR count). The zero-order valence-corrected chi connectivity index (χ0v) is 13.7. The average Bonchev–Trinajstić information content (AvgIpc) is 3.26. The number of esters is 1. The fourth-order valence-electron chi connectivity index (χ4n) is 2.44. The summed E-state index contributed by atoms with van der Waals surface area (Å²) in [5.41, 5.74) is 1.25. The summed E-state index contributed by atoms with van der Waals surface area (Å²) in [6.45, 7) is 1.48. The molecule has 0 saturated carbocycles. The third kappa shape index (κ3) is 3.54. The first-order valence-electron chi connectivity index (χ1n) is 7.69. The first-order valence-corrected chi connectivity index (χ1v) is 7.69. The Hall–Kier alpha value is -3.68. The maximum absolute atomic E-state index is 12.5. The molecular formula is C18H14N2O6. The topological polar surface area (TPSA) is 115 Å². The number of rotatable bonds is 6. The van der Waals surface area contributed by atoms with Crippen molar-refractivity contribution in [2.45, 2.75) is 13.0 Å². The zero-order valence-electron chi connectivity index (χ0n) is 13.7. The lowest BCUT2D eigenvalue weighted by Gasteiger charge is -2.10. The van der Waals surface area contributed by atoms with Crippen molar-refractivity contribution in [2.75, 3.05) is 0 Å². The molecular weight excluding hydrogens is 340 g/mol. The van der Waals surface area contributed by atoms with Gasteiger partial charge in [-0.25, -0.2) is 4.79 Å². The number of nitrogens with one attached hydrogen (secondary N) is 1. The summed E-state index contributed by atoms with van der Waals surface area (Å²) in [6.07, 6.45) is 2.87. The number of ether oxygens (including phenoxy) is 1. The molecule has 0 aliphatic carbocycles. The van der Waals surface area contributed by atoms with Gasteiger partial charge in [0.05, 0.1) is 6.07 Å². The van der Waals surface area contributed by atoms with Gasteiger partial charge in [0.15, 0.2) is 6.10 Å². The van der Waals surface area contributed by atoms with Gasteiger partial charge in [0, 0.05) is 28.7 Å². The van der Waals surface area contributed by atoms with Crippen LogP contribution in [0.2, 0.25) is 0 Å². The Morgan fingerprint density at radius 3 is 2.77 bits per heavy atom. The van der Waals surface area contributed by atoms with Crippen LogP contribution in [-0.2, 0) is 9.53 Å². The lowest BCUT2D eigenvalue weighted by Crippen LogP contribution is -2.23. The standard InChI is InChI=1S/C18H14N2O6/c1-11(18(22)14-10-19-15-5-3-2-4-13(14)15)25-17(21)9-7-12-6-8-16(26-12)20(23)24/h2-11,19H,1H3/b9-7+/t11-/m0/s1. The molecule has 0 aliphatic rings. The van der Waals surface area contributed by atoms with Crippen molar-refractivity contribution in [1.82, 2.24) is 4.98 Å². The number of ketones is 1. The van der Waals surface area contributed by atoms with Gasteiger partial charge in [-0.2, -0.15) is 0 Å². The predicted octanol–water partition coefficient (Wildman–Crippen LogP) is 3.50. The molecule has 1 aromatic carbocycles. The quantitative estimate of drug-likeness (QED) is 0.238. The summed E-state index contributed by atoms with van der Waals surface area (Å²) < 4.78 is 9.99. The second-order valence-corrected chi connectivity index (χ2v) is 5.46. The molecule has 0 unspecified atom stereocenters. The van der Waals surface area contributed by atoms with E-state index >= 15 is 0 Å². The smallest absolute Gasteiger partial charge is 0.433 e. The number of hydrogen-bond acceptors (Lipinski definition) is 6. The summed E-state index contributed by atoms with van der Waals surface area (Å²) in [5, 5.41) is 11.3. The van der Waals surface area contributed by atoms with Crippen LogP contribution >= 0.6 is 0 Å². The number of para-hydroxylation sites is 1. The van der Waals surface area contributed by atoms with E-state index in [4.69, 9.17) is 9.15 Å². The summed E-state index contributed by atoms with van der Waals surface area (Å²) in [6, 6.07) is 9.83. The number of H-pyrrole nitrogens is 1. The molecule has 0 fully saturated rings. The Morgan fingerprint density at radius 1 is 1.27 bits per heavy atom. The number of nitro groups is 1. The lowest BCUT2D eigenvalue weighted by molar-refractivity contribution is -0.402. The van der Waals surface area contributed by atoms with Crippen molar-refractivity contribution in [3.63, 3.8) is 0 Å². The van der Waals surface area contributed by atoms with Crippen molar-refractivity contribution in [3.05, 3.63) is 70.1 Å². The van der Waals surface area contributed by atoms with E-state index in [1.165, 1.54) is 25.1 Å². The van der Waals surface area contributed by atoms with Gasteiger partial charge >= 0.3 is 11.9 Å². The number of carbonyl (C=O) groups is 2. The Bertz CT molecular complexity index is 1010. The number of aromatic amines is 1. The van der Waals surface area contributed by atoms with E-state index in [2.05, 4.69) is 4.98 Å². The Labute approximate surface area is 147 Å². The highest BCUT2D eigenvalue weighted by molar-refractivity contribution is 6.10. The van der Waals surface area contributed by atoms with E-state index in [1.807, 2.05) is 18.2 Å². The second-order valence-electron chi connectivity index (χ2n) is 5.46. The van der Waals surface area contributed by atoms with Crippen molar-refractivity contribution in [2.24, 2.45) is 0 Å². The van der Waals surface area contributed by atoms with Crippen LogP contribution in [0.15, 0.2) is 53.1 Å². The number of carbonyl (C=O) groups excluding carboxylic acids is 2. The number of fused-ring (bicyclic) bond motifs is 1. The third-order valence-electron chi connectivity index (χ3n) is 3.69. The molecule has 8 heteroatoms. The average molecular weight is 354 g/mol. The number of aromatic nitrogens is 1. The van der Waals surface area contributed by atoms with E-state index in [-0.39, 0.29) is 11.5 Å². The first-order chi connectivity index (χ1) is 12.5. The fourth-order valence-corrected chi connectivity index (χ4v) is 2.44. The second kappa shape index (κ2) is 7.06. The van der Waals surface area contributed by atoms with Crippen molar-refractivity contribution in [3.8, 4) is 0 Å². The van der Waals surface area contributed by atoms with Gasteiger partial charge in [-0.05, 0) is 25.1 Å². The Morgan fingerprint density at radius 2 is 2.04 bits per heavy atom. The van der Waals surface area contributed by atoms with Gasteiger partial charge in [-0.15, -0.1) is 0 Å². The van der Waals surface area contributed by atoms with Crippen LogP contribution in [0.1, 0.15) is 23.0 Å². The van der Waals surface area contributed by atoms with Crippen LogP contribution in [0.25, 0.3) is 17.0 Å². The SMILES string of the molecule is C[C@H](OC(=O)/C=C/c1ccc([N+](=O)[O-])o1)C(=O)c1c[nH]c2ccccc12. The predicted molar refractivity (Wildman–Crippen MR) is 92.6 cm³/mol. The van der Waals surface area contributed by atoms with Crippen LogP contribution < -0.4 is 0 Å². The third-order valence-corrected chi connectivity index (χ3v) is 3.69. The number of benzene rings is 1. The molecule has 3 aromatic rings. The van der Waals surface area contributed by atoms with E-state index in [0.717, 1.165) is 17.0 Å². The molecule has 0 aliphatic heterocycles. The minimum atomic E-state index is -0.989. The maximum Gasteiger partial charge on any atom is 0.433 e. The van der Waals surface area contributed by atoms with Gasteiger partial charge < -0.3 is 14.1 Å². The lowest BCUT2D eigenvalue weighted by atomic mass is 10.1. The van der Waals surface area contributed by atoms with E-state index in [1.54, 1.807) is 12.3 Å². The molecule has 0 amide bonds. The van der Waals surface area contributed by atoms with Gasteiger partial charge in [-0.1, -0.05) is 18.2 Å². The summed E-state index contributed by atoms with van der Waals surface area (Å²) in [4.78, 5) is 37.2. The molecule has 1 atom stereocenters. The van der Waals surface area contributed by atoms with Crippen LogP contribution in [-0.4, -0.2) is 27.8 Å². The molecule has 132 valence electrons. The number of hydrogen-bond donors (Lipinski definition) is 1. The minimum absolute atomic E-state index is 0.129. The van der Waals surface area contributed by atoms with Crippen molar-refractivity contribution in [1.29, 1.82) is 0 Å². The Balaban J connectivity index is 1.65. The van der Waals surface area contributed by atoms with E-state index in [0.29, 0.717) is 5.56 Å². The molecule has 0 radical (unpaired) electrons. The molecule has 0 bridgehead atoms. The molecule has 0 saturated heterocycles. The molecule has 26 heavy (non-hydrogen) atoms. The summed E-state index contributed by atoms with van der Waals surface area (Å²) in [7, 11) is 0. The van der Waals surface area contributed by atoms with E-state index in [9.17, 15) is 19.7 Å². The number of furan rings is 1. The first kappa shape index (κ1) is 17.2. The molecule has 0 spiro atoms. The zero-order chi connectivity index (χ0) is 18.7. The number of Topliss-reactive ketones (excluding diaryl/α,β-unsaturated/α-hetero) is 1. The van der Waals surface area contributed by atoms with Crippen LogP contribution in [0.3, 0.4) is 0 Å². The highest BCUT2D eigenvalue weighted by Gasteiger charge is 2.21. The highest BCUT2D eigenvalue weighted by atomic mass is 16.6. The normalized spacial score (nSPS) is 12.3. The van der Waals surface area contributed by atoms with E-state index < -0.39 is 22.9 Å². The molecule has 2 aromatic heterocycles.